The molecule has 2 fully saturated rings. The van der Waals surface area contributed by atoms with Crippen molar-refractivity contribution < 1.29 is 14.6 Å². The van der Waals surface area contributed by atoms with E-state index in [0.717, 1.165) is 45.3 Å². The Morgan fingerprint density at radius 3 is 2.80 bits per heavy atom. The van der Waals surface area contributed by atoms with Gasteiger partial charge in [-0.2, -0.15) is 0 Å². The maximum absolute atomic E-state index is 12.3. The third-order valence-corrected chi connectivity index (χ3v) is 5.40. The number of hydrogen-bond donors (Lipinski definition) is 2. The lowest BCUT2D eigenvalue weighted by atomic mass is 9.97. The second kappa shape index (κ2) is 8.30. The zero-order valence-electron chi connectivity index (χ0n) is 15.1. The van der Waals surface area contributed by atoms with Gasteiger partial charge >= 0.3 is 0 Å². The topological polar surface area (TPSA) is 61.8 Å². The van der Waals surface area contributed by atoms with Crippen LogP contribution in [0.25, 0.3) is 0 Å². The van der Waals surface area contributed by atoms with Gasteiger partial charge < -0.3 is 15.2 Å². The molecule has 1 aliphatic heterocycles. The molecule has 0 radical (unpaired) electrons. The van der Waals surface area contributed by atoms with E-state index in [2.05, 4.69) is 34.5 Å². The molecule has 0 spiro atoms. The number of aliphatic hydroxyl groups is 1. The number of nitrogens with zero attached hydrogens (tertiary/aromatic N) is 1. The van der Waals surface area contributed by atoms with Crippen LogP contribution >= 0.6 is 0 Å². The Labute approximate surface area is 150 Å². The van der Waals surface area contributed by atoms with Crippen LogP contribution in [0.2, 0.25) is 0 Å². The lowest BCUT2D eigenvalue weighted by Crippen LogP contribution is -2.52. The van der Waals surface area contributed by atoms with Crippen LogP contribution in [-0.2, 0) is 16.1 Å². The highest BCUT2D eigenvalue weighted by molar-refractivity contribution is 5.77. The molecule has 2 atom stereocenters. The van der Waals surface area contributed by atoms with Crippen LogP contribution in [0.15, 0.2) is 30.3 Å². The Bertz CT molecular complexity index is 557. The zero-order chi connectivity index (χ0) is 17.7. The summed E-state index contributed by atoms with van der Waals surface area (Å²) in [4.78, 5) is 14.7. The molecular weight excluding hydrogens is 316 g/mol. The van der Waals surface area contributed by atoms with Crippen molar-refractivity contribution in [2.45, 2.75) is 63.3 Å². The molecule has 1 saturated carbocycles. The normalized spacial score (nSPS) is 24.8. The molecule has 1 aromatic rings. The summed E-state index contributed by atoms with van der Waals surface area (Å²) in [6.45, 7) is 5.29. The van der Waals surface area contributed by atoms with Crippen molar-refractivity contribution in [3.05, 3.63) is 35.9 Å². The maximum Gasteiger partial charge on any atom is 0.223 e. The van der Waals surface area contributed by atoms with Crippen molar-refractivity contribution >= 4 is 5.91 Å². The van der Waals surface area contributed by atoms with E-state index in [-0.39, 0.29) is 24.5 Å². The fourth-order valence-electron chi connectivity index (χ4n) is 3.93. The van der Waals surface area contributed by atoms with Crippen LogP contribution in [0.5, 0.6) is 0 Å². The molecule has 3 rings (SSSR count). The van der Waals surface area contributed by atoms with Crippen LogP contribution in [0.1, 0.15) is 44.6 Å². The molecule has 5 heteroatoms. The molecule has 1 aromatic carbocycles. The van der Waals surface area contributed by atoms with Crippen LogP contribution < -0.4 is 5.32 Å². The summed E-state index contributed by atoms with van der Waals surface area (Å²) in [5.41, 5.74) is 0.500. The number of carbonyl (C=O) groups excluding carboxylic acids is 1. The van der Waals surface area contributed by atoms with E-state index < -0.39 is 5.60 Å². The molecule has 1 aliphatic carbocycles. The van der Waals surface area contributed by atoms with Gasteiger partial charge in [0.05, 0.1) is 30.8 Å². The number of ether oxygens (including phenoxy) is 1. The fraction of sp³-hybridized carbons (Fsp3) is 0.650. The van der Waals surface area contributed by atoms with Gasteiger partial charge in [-0.25, -0.2) is 0 Å². The van der Waals surface area contributed by atoms with Gasteiger partial charge in [0.1, 0.15) is 0 Å². The summed E-state index contributed by atoms with van der Waals surface area (Å²) in [6, 6.07) is 10.4. The summed E-state index contributed by atoms with van der Waals surface area (Å²) < 4.78 is 5.88. The molecular formula is C20H30N2O3. The van der Waals surface area contributed by atoms with E-state index in [1.54, 1.807) is 0 Å². The van der Waals surface area contributed by atoms with Crippen LogP contribution in [0, 0.1) is 0 Å². The van der Waals surface area contributed by atoms with E-state index in [4.69, 9.17) is 4.74 Å². The molecule has 25 heavy (non-hydrogen) atoms. The van der Waals surface area contributed by atoms with Crippen LogP contribution in [0.4, 0.5) is 0 Å². The summed E-state index contributed by atoms with van der Waals surface area (Å²) in [5, 5.41) is 13.4. The Kier molecular flexibility index (Phi) is 6.10. The quantitative estimate of drug-likeness (QED) is 0.828. The first-order valence-corrected chi connectivity index (χ1v) is 9.44. The average Bonchev–Trinajstić information content (AvgIpc) is 3.02. The van der Waals surface area contributed by atoms with Crippen molar-refractivity contribution in [2.75, 3.05) is 19.7 Å². The molecule has 1 saturated heterocycles. The molecule has 5 nitrogen and oxygen atoms in total. The number of rotatable bonds is 6. The molecule has 2 aliphatic rings. The van der Waals surface area contributed by atoms with Crippen molar-refractivity contribution in [1.82, 2.24) is 10.2 Å². The summed E-state index contributed by atoms with van der Waals surface area (Å²) in [6.07, 6.45) is 3.69. The first-order chi connectivity index (χ1) is 12.0. The highest BCUT2D eigenvalue weighted by Crippen LogP contribution is 2.32. The van der Waals surface area contributed by atoms with Crippen LogP contribution in [-0.4, -0.2) is 53.4 Å². The Balaban J connectivity index is 1.48. The lowest BCUT2D eigenvalue weighted by molar-refractivity contribution is -0.128. The first-order valence-electron chi connectivity index (χ1n) is 9.44. The second-order valence-corrected chi connectivity index (χ2v) is 7.59. The maximum atomic E-state index is 12.3. The summed E-state index contributed by atoms with van der Waals surface area (Å²) in [7, 11) is 0. The largest absolute Gasteiger partial charge is 0.389 e. The minimum Gasteiger partial charge on any atom is -0.389 e. The number of benzene rings is 1. The molecule has 2 unspecified atom stereocenters. The first kappa shape index (κ1) is 18.4. The monoisotopic (exact) mass is 346 g/mol. The van der Waals surface area contributed by atoms with Crippen molar-refractivity contribution in [1.29, 1.82) is 0 Å². The Morgan fingerprint density at radius 1 is 1.36 bits per heavy atom. The van der Waals surface area contributed by atoms with Gasteiger partial charge in [0.15, 0.2) is 0 Å². The number of hydrogen-bond acceptors (Lipinski definition) is 4. The number of morpholine rings is 1. The minimum absolute atomic E-state index is 0.0142. The van der Waals surface area contributed by atoms with E-state index >= 15 is 0 Å². The van der Waals surface area contributed by atoms with E-state index in [1.807, 2.05) is 13.0 Å². The van der Waals surface area contributed by atoms with Gasteiger partial charge in [-0.05, 0) is 25.3 Å². The third kappa shape index (κ3) is 5.27. The predicted molar refractivity (Wildman–Crippen MR) is 97.1 cm³/mol. The molecule has 2 N–H and O–H groups in total. The van der Waals surface area contributed by atoms with E-state index in [1.165, 1.54) is 5.56 Å². The van der Waals surface area contributed by atoms with Crippen molar-refractivity contribution in [3.63, 3.8) is 0 Å². The smallest absolute Gasteiger partial charge is 0.223 e. The van der Waals surface area contributed by atoms with E-state index in [9.17, 15) is 9.90 Å². The number of carbonyl (C=O) groups is 1. The third-order valence-electron chi connectivity index (χ3n) is 5.40. The number of nitrogens with one attached hydrogen (secondary N) is 1. The molecule has 138 valence electrons. The molecule has 1 amide bonds. The van der Waals surface area contributed by atoms with Gasteiger partial charge in [-0.3, -0.25) is 9.69 Å². The van der Waals surface area contributed by atoms with Crippen LogP contribution in [0.3, 0.4) is 0 Å². The predicted octanol–water partition coefficient (Wildman–Crippen LogP) is 2.09. The molecule has 1 heterocycles. The molecule has 0 aromatic heterocycles. The SMILES string of the molecule is CC(NC(=O)CC1(O)CCCC1)C1CN(Cc2ccccc2)CCO1. The van der Waals surface area contributed by atoms with Crippen molar-refractivity contribution in [2.24, 2.45) is 0 Å². The highest BCUT2D eigenvalue weighted by atomic mass is 16.5. The summed E-state index contributed by atoms with van der Waals surface area (Å²) in [5.74, 6) is -0.0688. The Morgan fingerprint density at radius 2 is 2.08 bits per heavy atom. The fourth-order valence-corrected chi connectivity index (χ4v) is 3.93. The molecule has 0 bridgehead atoms. The summed E-state index contributed by atoms with van der Waals surface area (Å²) >= 11 is 0. The number of amides is 1. The van der Waals surface area contributed by atoms with Gasteiger partial charge in [-0.15, -0.1) is 0 Å². The van der Waals surface area contributed by atoms with Gasteiger partial charge in [-0.1, -0.05) is 43.2 Å². The zero-order valence-corrected chi connectivity index (χ0v) is 15.1. The average molecular weight is 346 g/mol. The Hall–Kier alpha value is -1.43. The van der Waals surface area contributed by atoms with Crippen molar-refractivity contribution in [3.8, 4) is 0 Å². The highest BCUT2D eigenvalue weighted by Gasteiger charge is 2.34. The van der Waals surface area contributed by atoms with Gasteiger partial charge in [0.2, 0.25) is 5.91 Å². The lowest BCUT2D eigenvalue weighted by Gasteiger charge is -2.36. The minimum atomic E-state index is -0.795. The second-order valence-electron chi connectivity index (χ2n) is 7.59. The van der Waals surface area contributed by atoms with Gasteiger partial charge in [0.25, 0.3) is 0 Å². The standard InChI is InChI=1S/C20H30N2O3/c1-16(21-19(23)13-20(24)9-5-6-10-20)18-15-22(11-12-25-18)14-17-7-3-2-4-8-17/h2-4,7-8,16,18,24H,5-6,9-15H2,1H3,(H,21,23). The van der Waals surface area contributed by atoms with Gasteiger partial charge in [0, 0.05) is 19.6 Å². The van der Waals surface area contributed by atoms with E-state index in [0.29, 0.717) is 6.61 Å².